The van der Waals surface area contributed by atoms with Crippen LogP contribution in [0.4, 0.5) is 5.69 Å². The molecule has 3 aromatic rings. The molecule has 3 rings (SSSR count). The first-order valence-electron chi connectivity index (χ1n) is 7.27. The van der Waals surface area contributed by atoms with E-state index in [1.165, 1.54) is 0 Å². The predicted molar refractivity (Wildman–Crippen MR) is 101 cm³/mol. The van der Waals surface area contributed by atoms with Gasteiger partial charge in [-0.1, -0.05) is 12.1 Å². The third kappa shape index (κ3) is 3.91. The van der Waals surface area contributed by atoms with Gasteiger partial charge in [0.1, 0.15) is 5.01 Å². The summed E-state index contributed by atoms with van der Waals surface area (Å²) in [6.07, 6.45) is 3.59. The highest BCUT2D eigenvalue weighted by atomic mass is 32.1. The third-order valence-corrected chi connectivity index (χ3v) is 4.30. The molecule has 0 spiro atoms. The summed E-state index contributed by atoms with van der Waals surface area (Å²) in [5.74, 6) is 0. The average Bonchev–Trinajstić information content (AvgIpc) is 3.06. The highest BCUT2D eigenvalue weighted by Gasteiger charge is 2.07. The Labute approximate surface area is 144 Å². The van der Waals surface area contributed by atoms with Gasteiger partial charge in [0.2, 0.25) is 0 Å². The zero-order valence-electron chi connectivity index (χ0n) is 12.6. The Balaban J connectivity index is 1.82. The number of nitrogens with one attached hydrogen (secondary N) is 2. The number of aromatic nitrogens is 2. The first-order valence-corrected chi connectivity index (χ1v) is 8.56. The number of thiocarbonyl (C=S) groups is 1. The van der Waals surface area contributed by atoms with E-state index >= 15 is 0 Å². The van der Waals surface area contributed by atoms with Crippen molar-refractivity contribution < 1.29 is 0 Å². The molecule has 0 aliphatic carbocycles. The highest BCUT2D eigenvalue weighted by Crippen LogP contribution is 2.29. The molecule has 6 heteroatoms. The monoisotopic (exact) mass is 340 g/mol. The van der Waals surface area contributed by atoms with Gasteiger partial charge in [-0.05, 0) is 43.4 Å². The van der Waals surface area contributed by atoms with Crippen LogP contribution in [0.25, 0.3) is 21.8 Å². The molecule has 0 unspecified atom stereocenters. The molecule has 0 radical (unpaired) electrons. The average molecular weight is 340 g/mol. The van der Waals surface area contributed by atoms with E-state index in [4.69, 9.17) is 17.2 Å². The molecule has 116 valence electrons. The third-order valence-electron chi connectivity index (χ3n) is 3.17. The maximum absolute atomic E-state index is 5.22. The molecule has 0 atom stereocenters. The Morgan fingerprint density at radius 3 is 2.87 bits per heavy atom. The second-order valence-corrected chi connectivity index (χ2v) is 6.11. The molecule has 0 saturated heterocycles. The molecule has 1 aromatic carbocycles. The quantitative estimate of drug-likeness (QED) is 0.698. The Morgan fingerprint density at radius 1 is 1.22 bits per heavy atom. The van der Waals surface area contributed by atoms with Crippen LogP contribution in [0.2, 0.25) is 0 Å². The fourth-order valence-corrected chi connectivity index (χ4v) is 3.20. The van der Waals surface area contributed by atoms with Crippen LogP contribution in [-0.4, -0.2) is 21.6 Å². The second kappa shape index (κ2) is 7.30. The number of hydrogen-bond donors (Lipinski definition) is 2. The Kier molecular flexibility index (Phi) is 4.95. The number of rotatable bonds is 4. The molecule has 23 heavy (non-hydrogen) atoms. The minimum atomic E-state index is 0.624. The van der Waals surface area contributed by atoms with Crippen LogP contribution in [0.15, 0.2) is 54.2 Å². The molecule has 4 nitrogen and oxygen atoms in total. The summed E-state index contributed by atoms with van der Waals surface area (Å²) in [4.78, 5) is 8.85. The van der Waals surface area contributed by atoms with E-state index < -0.39 is 0 Å². The van der Waals surface area contributed by atoms with E-state index in [0.29, 0.717) is 5.11 Å². The fraction of sp³-hybridized carbons (Fsp3) is 0.118. The summed E-state index contributed by atoms with van der Waals surface area (Å²) >= 11 is 6.84. The molecule has 0 fully saturated rings. The Bertz CT molecular complexity index is 799. The maximum Gasteiger partial charge on any atom is 0.170 e. The van der Waals surface area contributed by atoms with Gasteiger partial charge in [0.05, 0.1) is 5.69 Å². The minimum Gasteiger partial charge on any atom is -0.363 e. The van der Waals surface area contributed by atoms with Crippen molar-refractivity contribution in [3.05, 3.63) is 54.2 Å². The Morgan fingerprint density at radius 2 is 2.09 bits per heavy atom. The first-order chi connectivity index (χ1) is 11.3. The molecule has 0 aliphatic heterocycles. The first kappa shape index (κ1) is 15.6. The predicted octanol–water partition coefficient (Wildman–Crippen LogP) is 4.18. The normalized spacial score (nSPS) is 10.3. The largest absolute Gasteiger partial charge is 0.363 e. The summed E-state index contributed by atoms with van der Waals surface area (Å²) in [5.41, 5.74) is 3.99. The van der Waals surface area contributed by atoms with Crippen LogP contribution in [0.3, 0.4) is 0 Å². The van der Waals surface area contributed by atoms with Crippen molar-refractivity contribution in [3.8, 4) is 21.8 Å². The van der Waals surface area contributed by atoms with Crippen molar-refractivity contribution in [1.82, 2.24) is 15.3 Å². The zero-order chi connectivity index (χ0) is 16.1. The lowest BCUT2D eigenvalue weighted by atomic mass is 10.1. The lowest BCUT2D eigenvalue weighted by Crippen LogP contribution is -2.27. The lowest BCUT2D eigenvalue weighted by molar-refractivity contribution is 0.979. The van der Waals surface area contributed by atoms with E-state index in [0.717, 1.165) is 34.1 Å². The summed E-state index contributed by atoms with van der Waals surface area (Å²) in [5, 5.41) is 9.91. The van der Waals surface area contributed by atoms with Crippen LogP contribution in [0.5, 0.6) is 0 Å². The summed E-state index contributed by atoms with van der Waals surface area (Å²) in [6.45, 7) is 2.81. The van der Waals surface area contributed by atoms with Gasteiger partial charge in [-0.3, -0.25) is 4.98 Å². The highest BCUT2D eigenvalue weighted by molar-refractivity contribution is 7.80. The molecule has 0 aliphatic rings. The summed E-state index contributed by atoms with van der Waals surface area (Å²) in [6, 6.07) is 12.0. The SMILES string of the molecule is CCNC(=S)Nc1cccc(-c2csc(-c3cccnc3)n2)c1. The minimum absolute atomic E-state index is 0.624. The van der Waals surface area contributed by atoms with E-state index in [9.17, 15) is 0 Å². The van der Waals surface area contributed by atoms with Crippen molar-refractivity contribution in [2.24, 2.45) is 0 Å². The Hall–Kier alpha value is -2.31. The van der Waals surface area contributed by atoms with Crippen LogP contribution >= 0.6 is 23.6 Å². The fourth-order valence-electron chi connectivity index (χ4n) is 2.12. The molecular formula is C17H16N4S2. The van der Waals surface area contributed by atoms with Crippen molar-refractivity contribution in [2.75, 3.05) is 11.9 Å². The number of anilines is 1. The van der Waals surface area contributed by atoms with Gasteiger partial charge in [0.25, 0.3) is 0 Å². The van der Waals surface area contributed by atoms with E-state index in [2.05, 4.69) is 21.0 Å². The maximum atomic E-state index is 5.22. The van der Waals surface area contributed by atoms with Crippen molar-refractivity contribution in [1.29, 1.82) is 0 Å². The number of pyridine rings is 1. The van der Waals surface area contributed by atoms with Crippen LogP contribution in [-0.2, 0) is 0 Å². The van der Waals surface area contributed by atoms with Gasteiger partial charge in [0.15, 0.2) is 5.11 Å². The molecule has 0 bridgehead atoms. The van der Waals surface area contributed by atoms with Crippen molar-refractivity contribution in [2.45, 2.75) is 6.92 Å². The number of hydrogen-bond acceptors (Lipinski definition) is 4. The molecule has 0 saturated carbocycles. The number of nitrogens with zero attached hydrogens (tertiary/aromatic N) is 2. The molecule has 2 N–H and O–H groups in total. The number of thiazole rings is 1. The van der Waals surface area contributed by atoms with Gasteiger partial charge in [-0.25, -0.2) is 4.98 Å². The van der Waals surface area contributed by atoms with Crippen molar-refractivity contribution >= 4 is 34.4 Å². The smallest absolute Gasteiger partial charge is 0.170 e. The van der Waals surface area contributed by atoms with Gasteiger partial charge in [0, 0.05) is 41.1 Å². The van der Waals surface area contributed by atoms with Gasteiger partial charge < -0.3 is 10.6 Å². The van der Waals surface area contributed by atoms with Crippen LogP contribution in [0.1, 0.15) is 6.92 Å². The van der Waals surface area contributed by atoms with E-state index in [1.807, 2.05) is 49.5 Å². The zero-order valence-corrected chi connectivity index (χ0v) is 14.2. The molecular weight excluding hydrogens is 324 g/mol. The van der Waals surface area contributed by atoms with Gasteiger partial charge in [-0.15, -0.1) is 11.3 Å². The molecule has 2 aromatic heterocycles. The second-order valence-electron chi connectivity index (χ2n) is 4.84. The number of benzene rings is 1. The van der Waals surface area contributed by atoms with Crippen molar-refractivity contribution in [3.63, 3.8) is 0 Å². The van der Waals surface area contributed by atoms with Crippen LogP contribution in [0, 0.1) is 0 Å². The van der Waals surface area contributed by atoms with Gasteiger partial charge in [-0.2, -0.15) is 0 Å². The van der Waals surface area contributed by atoms with Gasteiger partial charge >= 0.3 is 0 Å². The van der Waals surface area contributed by atoms with E-state index in [1.54, 1.807) is 17.5 Å². The summed E-state index contributed by atoms with van der Waals surface area (Å²) in [7, 11) is 0. The van der Waals surface area contributed by atoms with E-state index in [-0.39, 0.29) is 0 Å². The molecule has 2 heterocycles. The molecule has 0 amide bonds. The lowest BCUT2D eigenvalue weighted by Gasteiger charge is -2.09. The standard InChI is InChI=1S/C17H16N4S2/c1-2-19-17(22)20-14-7-3-5-12(9-14)15-11-23-16(21-15)13-6-4-8-18-10-13/h3-11H,2H2,1H3,(H2,19,20,22). The van der Waals surface area contributed by atoms with Crippen LogP contribution < -0.4 is 10.6 Å². The topological polar surface area (TPSA) is 49.8 Å². The summed E-state index contributed by atoms with van der Waals surface area (Å²) < 4.78 is 0.